The summed E-state index contributed by atoms with van der Waals surface area (Å²) in [6.07, 6.45) is 1.53. The van der Waals surface area contributed by atoms with Crippen LogP contribution in [0.3, 0.4) is 0 Å². The van der Waals surface area contributed by atoms with Crippen molar-refractivity contribution < 1.29 is 9.59 Å². The normalized spacial score (nSPS) is 26.1. The highest BCUT2D eigenvalue weighted by Crippen LogP contribution is 2.31. The molecule has 138 valence electrons. The van der Waals surface area contributed by atoms with Crippen LogP contribution < -0.4 is 10.6 Å². The summed E-state index contributed by atoms with van der Waals surface area (Å²) in [4.78, 5) is 29.4. The minimum absolute atomic E-state index is 0. The van der Waals surface area contributed by atoms with Gasteiger partial charge in [0.15, 0.2) is 0 Å². The molecule has 1 aromatic rings. The third-order valence-electron chi connectivity index (χ3n) is 5.30. The molecule has 2 N–H and O–H groups in total. The van der Waals surface area contributed by atoms with Crippen molar-refractivity contribution in [3.8, 4) is 0 Å². The molecule has 3 rings (SSSR count). The molecule has 25 heavy (non-hydrogen) atoms. The molecule has 3 atom stereocenters. The van der Waals surface area contributed by atoms with E-state index in [-0.39, 0.29) is 30.3 Å². The third-order valence-corrected chi connectivity index (χ3v) is 5.30. The molecule has 0 saturated carbocycles. The number of likely N-dealkylation sites (tertiary alicyclic amines) is 1. The van der Waals surface area contributed by atoms with E-state index in [1.54, 1.807) is 4.90 Å². The second-order valence-corrected chi connectivity index (χ2v) is 7.35. The highest BCUT2D eigenvalue weighted by atomic mass is 35.5. The van der Waals surface area contributed by atoms with Crippen molar-refractivity contribution in [1.29, 1.82) is 0 Å². The number of carbonyl (C=O) groups is 2. The van der Waals surface area contributed by atoms with Crippen LogP contribution in [0.5, 0.6) is 0 Å². The maximum atomic E-state index is 12.9. The van der Waals surface area contributed by atoms with E-state index in [0.717, 1.165) is 23.2 Å². The molecule has 5 nitrogen and oxygen atoms in total. The lowest BCUT2D eigenvalue weighted by Gasteiger charge is -2.24. The van der Waals surface area contributed by atoms with Gasteiger partial charge in [-0.2, -0.15) is 0 Å². The van der Waals surface area contributed by atoms with E-state index in [4.69, 9.17) is 5.73 Å². The number of aryl methyl sites for hydroxylation is 2. The topological polar surface area (TPSA) is 66.6 Å². The third kappa shape index (κ3) is 3.82. The molecular formula is C19H28ClN3O2. The first-order valence-electron chi connectivity index (χ1n) is 8.81. The molecule has 2 heterocycles. The van der Waals surface area contributed by atoms with E-state index < -0.39 is 5.92 Å². The van der Waals surface area contributed by atoms with Gasteiger partial charge >= 0.3 is 0 Å². The molecule has 0 aliphatic carbocycles. The van der Waals surface area contributed by atoms with Crippen LogP contribution in [0.15, 0.2) is 18.2 Å². The highest BCUT2D eigenvalue weighted by Gasteiger charge is 2.43. The van der Waals surface area contributed by atoms with Crippen LogP contribution in [0.1, 0.15) is 30.9 Å². The van der Waals surface area contributed by atoms with Crippen LogP contribution in [0.4, 0.5) is 5.69 Å². The zero-order valence-corrected chi connectivity index (χ0v) is 16.0. The van der Waals surface area contributed by atoms with Crippen LogP contribution in [0.25, 0.3) is 0 Å². The van der Waals surface area contributed by atoms with Crippen LogP contribution in [0.2, 0.25) is 0 Å². The number of benzene rings is 1. The van der Waals surface area contributed by atoms with E-state index >= 15 is 0 Å². The van der Waals surface area contributed by atoms with E-state index in [9.17, 15) is 9.59 Å². The summed E-state index contributed by atoms with van der Waals surface area (Å²) in [5.74, 6) is -0.260. The quantitative estimate of drug-likeness (QED) is 0.835. The molecule has 2 saturated heterocycles. The summed E-state index contributed by atoms with van der Waals surface area (Å²) in [5, 5.41) is 0. The Bertz CT molecular complexity index is 644. The Kier molecular flexibility index (Phi) is 6.12. The Labute approximate surface area is 155 Å². The number of carbonyl (C=O) groups excluding carboxylic acids is 2. The summed E-state index contributed by atoms with van der Waals surface area (Å²) in [7, 11) is 0. The second kappa shape index (κ2) is 7.75. The fourth-order valence-electron chi connectivity index (χ4n) is 4.09. The van der Waals surface area contributed by atoms with Crippen LogP contribution in [0, 0.1) is 25.7 Å². The number of anilines is 1. The van der Waals surface area contributed by atoms with E-state index in [1.807, 2.05) is 30.9 Å². The van der Waals surface area contributed by atoms with Crippen LogP contribution in [-0.2, 0) is 9.59 Å². The smallest absolute Gasteiger partial charge is 0.239 e. The summed E-state index contributed by atoms with van der Waals surface area (Å²) >= 11 is 0. The van der Waals surface area contributed by atoms with Crippen molar-refractivity contribution in [3.63, 3.8) is 0 Å². The number of amides is 2. The van der Waals surface area contributed by atoms with Gasteiger partial charge in [-0.3, -0.25) is 9.59 Å². The predicted molar refractivity (Wildman–Crippen MR) is 102 cm³/mol. The standard InChI is InChI=1S/C19H27N3O2.ClH/c1-12-6-13(2)8-16(7-12)21-5-4-17(18(21)23)19(24)22-11-15(10-20)9-14(22)3;/h6-8,14-15,17H,4-5,9-11,20H2,1-3H3;1H. The van der Waals surface area contributed by atoms with Crippen molar-refractivity contribution in [2.45, 2.75) is 39.7 Å². The Hall–Kier alpha value is -1.59. The molecule has 2 aliphatic rings. The van der Waals surface area contributed by atoms with E-state index in [1.165, 1.54) is 0 Å². The lowest BCUT2D eigenvalue weighted by molar-refractivity contribution is -0.140. The SMILES string of the molecule is Cc1cc(C)cc(N2CCC(C(=O)N3CC(CN)CC3C)C2=O)c1.Cl. The van der Waals surface area contributed by atoms with Gasteiger partial charge < -0.3 is 15.5 Å². The van der Waals surface area contributed by atoms with Crippen LogP contribution in [-0.4, -0.2) is 42.4 Å². The monoisotopic (exact) mass is 365 g/mol. The van der Waals surface area contributed by atoms with Gasteiger partial charge in [0.05, 0.1) is 0 Å². The molecule has 1 aromatic carbocycles. The number of hydrogen-bond acceptors (Lipinski definition) is 3. The van der Waals surface area contributed by atoms with Gasteiger partial charge in [0.25, 0.3) is 0 Å². The minimum Gasteiger partial charge on any atom is -0.339 e. The first-order valence-corrected chi connectivity index (χ1v) is 8.81. The summed E-state index contributed by atoms with van der Waals surface area (Å²) in [6, 6.07) is 6.29. The van der Waals surface area contributed by atoms with Gasteiger partial charge in [-0.25, -0.2) is 0 Å². The van der Waals surface area contributed by atoms with Crippen molar-refractivity contribution in [2.75, 3.05) is 24.5 Å². The van der Waals surface area contributed by atoms with Gasteiger partial charge in [0.2, 0.25) is 11.8 Å². The fraction of sp³-hybridized carbons (Fsp3) is 0.579. The first kappa shape index (κ1) is 19.7. The zero-order valence-electron chi connectivity index (χ0n) is 15.2. The highest BCUT2D eigenvalue weighted by molar-refractivity contribution is 6.09. The lowest BCUT2D eigenvalue weighted by atomic mass is 10.1. The second-order valence-electron chi connectivity index (χ2n) is 7.35. The van der Waals surface area contributed by atoms with Gasteiger partial charge in [-0.15, -0.1) is 12.4 Å². The molecule has 2 amide bonds. The van der Waals surface area contributed by atoms with Crippen molar-refractivity contribution in [2.24, 2.45) is 17.6 Å². The Balaban J connectivity index is 0.00000225. The average Bonchev–Trinajstić information content (AvgIpc) is 3.08. The maximum absolute atomic E-state index is 12.9. The minimum atomic E-state index is -0.537. The molecule has 0 spiro atoms. The molecule has 2 fully saturated rings. The Morgan fingerprint density at radius 2 is 1.88 bits per heavy atom. The fourth-order valence-corrected chi connectivity index (χ4v) is 4.09. The number of rotatable bonds is 3. The molecule has 6 heteroatoms. The maximum Gasteiger partial charge on any atom is 0.239 e. The van der Waals surface area contributed by atoms with Crippen molar-refractivity contribution >= 4 is 29.9 Å². The average molecular weight is 366 g/mol. The predicted octanol–water partition coefficient (Wildman–Crippen LogP) is 2.27. The molecule has 3 unspecified atom stereocenters. The molecule has 0 aromatic heterocycles. The molecule has 0 bridgehead atoms. The number of nitrogens with two attached hydrogens (primary N) is 1. The van der Waals surface area contributed by atoms with Gasteiger partial charge in [0.1, 0.15) is 5.92 Å². The van der Waals surface area contributed by atoms with E-state index in [2.05, 4.69) is 13.0 Å². The van der Waals surface area contributed by atoms with E-state index in [0.29, 0.717) is 32.0 Å². The molecular weight excluding hydrogens is 338 g/mol. The zero-order chi connectivity index (χ0) is 17.4. The largest absolute Gasteiger partial charge is 0.339 e. The summed E-state index contributed by atoms with van der Waals surface area (Å²) < 4.78 is 0. The van der Waals surface area contributed by atoms with Crippen molar-refractivity contribution in [1.82, 2.24) is 4.90 Å². The summed E-state index contributed by atoms with van der Waals surface area (Å²) in [5.41, 5.74) is 8.92. The number of halogens is 1. The van der Waals surface area contributed by atoms with Crippen LogP contribution >= 0.6 is 12.4 Å². The lowest BCUT2D eigenvalue weighted by Crippen LogP contribution is -2.42. The molecule has 0 radical (unpaired) electrons. The Morgan fingerprint density at radius 3 is 2.44 bits per heavy atom. The molecule has 2 aliphatic heterocycles. The summed E-state index contributed by atoms with van der Waals surface area (Å²) in [6.45, 7) is 8.00. The van der Waals surface area contributed by atoms with Gasteiger partial charge in [-0.05, 0) is 69.3 Å². The Morgan fingerprint density at radius 1 is 1.24 bits per heavy atom. The van der Waals surface area contributed by atoms with Gasteiger partial charge in [0, 0.05) is 24.8 Å². The number of nitrogens with zero attached hydrogens (tertiary/aromatic N) is 2. The number of hydrogen-bond donors (Lipinski definition) is 1. The van der Waals surface area contributed by atoms with Gasteiger partial charge in [-0.1, -0.05) is 6.07 Å². The van der Waals surface area contributed by atoms with Crippen molar-refractivity contribution in [3.05, 3.63) is 29.3 Å². The first-order chi connectivity index (χ1) is 11.4.